The number of fused-ring (bicyclic) bond motifs is 1. The molecule has 1 aromatic heterocycles. The normalized spacial score (nSPS) is 12.0. The van der Waals surface area contributed by atoms with E-state index in [0.29, 0.717) is 29.7 Å². The van der Waals surface area contributed by atoms with E-state index in [1.54, 1.807) is 7.11 Å². The number of nitrogens with two attached hydrogens (primary N) is 1. The highest BCUT2D eigenvalue weighted by molar-refractivity contribution is 8.13. The lowest BCUT2D eigenvalue weighted by Gasteiger charge is -2.08. The molecule has 0 saturated carbocycles. The van der Waals surface area contributed by atoms with E-state index >= 15 is 0 Å². The third-order valence-electron chi connectivity index (χ3n) is 3.38. The lowest BCUT2D eigenvalue weighted by atomic mass is 10.0. The summed E-state index contributed by atoms with van der Waals surface area (Å²) in [6.07, 6.45) is 0. The molecular formula is C16H20N2O3S. The maximum atomic E-state index is 11.7. The van der Waals surface area contributed by atoms with Crippen LogP contribution in [-0.4, -0.2) is 25.4 Å². The van der Waals surface area contributed by atoms with Crippen molar-refractivity contribution in [3.63, 3.8) is 0 Å². The van der Waals surface area contributed by atoms with Crippen LogP contribution in [0.15, 0.2) is 32.4 Å². The van der Waals surface area contributed by atoms with Crippen LogP contribution >= 0.6 is 11.8 Å². The van der Waals surface area contributed by atoms with Gasteiger partial charge in [-0.05, 0) is 42.7 Å². The quantitative estimate of drug-likeness (QED) is 0.396. The summed E-state index contributed by atoms with van der Waals surface area (Å²) in [7, 11) is 1.62. The second-order valence-corrected chi connectivity index (χ2v) is 6.02. The Hall–Kier alpha value is -1.79. The largest absolute Gasteiger partial charge is 0.423 e. The van der Waals surface area contributed by atoms with Crippen LogP contribution in [0.4, 0.5) is 0 Å². The minimum atomic E-state index is -0.346. The molecule has 1 aromatic carbocycles. The summed E-state index contributed by atoms with van der Waals surface area (Å²) in [6, 6.07) is 5.46. The van der Waals surface area contributed by atoms with Crippen LogP contribution in [0.1, 0.15) is 16.7 Å². The summed E-state index contributed by atoms with van der Waals surface area (Å²) in [5.74, 6) is 0.576. The first-order valence-corrected chi connectivity index (χ1v) is 7.95. The molecule has 0 spiro atoms. The zero-order valence-corrected chi connectivity index (χ0v) is 13.8. The molecule has 5 nitrogen and oxygen atoms in total. The second-order valence-electron chi connectivity index (χ2n) is 5.02. The summed E-state index contributed by atoms with van der Waals surface area (Å²) in [6.45, 7) is 5.11. The average Bonchev–Trinajstić information content (AvgIpc) is 2.47. The Morgan fingerprint density at radius 1 is 1.32 bits per heavy atom. The van der Waals surface area contributed by atoms with Gasteiger partial charge in [-0.25, -0.2) is 4.79 Å². The van der Waals surface area contributed by atoms with Crippen molar-refractivity contribution in [3.05, 3.63) is 45.3 Å². The van der Waals surface area contributed by atoms with E-state index < -0.39 is 0 Å². The third-order valence-corrected chi connectivity index (χ3v) is 4.26. The molecule has 6 heteroatoms. The molecule has 2 rings (SSSR count). The van der Waals surface area contributed by atoms with Gasteiger partial charge < -0.3 is 14.9 Å². The predicted molar refractivity (Wildman–Crippen MR) is 91.6 cm³/mol. The average molecular weight is 320 g/mol. The lowest BCUT2D eigenvalue weighted by molar-refractivity contribution is 0.208. The smallest absolute Gasteiger partial charge is 0.336 e. The van der Waals surface area contributed by atoms with Crippen molar-refractivity contribution in [2.24, 2.45) is 10.7 Å². The lowest BCUT2D eigenvalue weighted by Crippen LogP contribution is -2.10. The molecule has 1 heterocycles. The van der Waals surface area contributed by atoms with Gasteiger partial charge >= 0.3 is 5.63 Å². The van der Waals surface area contributed by atoms with E-state index in [9.17, 15) is 4.79 Å². The Kier molecular flexibility index (Phi) is 5.63. The molecule has 0 aliphatic heterocycles. The number of hydrogen-bond acceptors (Lipinski definition) is 5. The van der Waals surface area contributed by atoms with Crippen molar-refractivity contribution in [1.82, 2.24) is 0 Å². The number of nitrogens with zero attached hydrogens (tertiary/aromatic N) is 1. The number of thioether (sulfide) groups is 1. The minimum Gasteiger partial charge on any atom is -0.423 e. The van der Waals surface area contributed by atoms with Gasteiger partial charge in [-0.15, -0.1) is 0 Å². The van der Waals surface area contributed by atoms with Gasteiger partial charge in [0.05, 0.1) is 13.2 Å². The van der Waals surface area contributed by atoms with Crippen LogP contribution in [0.3, 0.4) is 0 Å². The maximum absolute atomic E-state index is 11.7. The van der Waals surface area contributed by atoms with Crippen LogP contribution in [0.2, 0.25) is 0 Å². The van der Waals surface area contributed by atoms with Gasteiger partial charge in [0, 0.05) is 24.3 Å². The molecule has 0 unspecified atom stereocenters. The summed E-state index contributed by atoms with van der Waals surface area (Å²) in [5, 5.41) is 1.43. The first-order valence-electron chi connectivity index (χ1n) is 6.97. The fourth-order valence-corrected chi connectivity index (χ4v) is 2.77. The number of amidine groups is 1. The van der Waals surface area contributed by atoms with E-state index in [1.165, 1.54) is 17.8 Å². The van der Waals surface area contributed by atoms with E-state index in [0.717, 1.165) is 22.1 Å². The molecule has 0 atom stereocenters. The molecule has 0 bridgehead atoms. The van der Waals surface area contributed by atoms with Crippen molar-refractivity contribution in [2.75, 3.05) is 20.3 Å². The Morgan fingerprint density at radius 3 is 2.77 bits per heavy atom. The number of hydrogen-bond donors (Lipinski definition) is 1. The highest BCUT2D eigenvalue weighted by Crippen LogP contribution is 2.24. The molecular weight excluding hydrogens is 300 g/mol. The van der Waals surface area contributed by atoms with Gasteiger partial charge in [0.25, 0.3) is 0 Å². The van der Waals surface area contributed by atoms with Crippen LogP contribution in [0, 0.1) is 13.8 Å². The fourth-order valence-electron chi connectivity index (χ4n) is 2.05. The zero-order valence-electron chi connectivity index (χ0n) is 13.0. The van der Waals surface area contributed by atoms with Crippen LogP contribution in [0.5, 0.6) is 0 Å². The number of ether oxygens (including phenoxy) is 1. The SMILES string of the molecule is COCCN=C(N)SCc1cc(=O)oc2cc(C)c(C)cc12. The minimum absolute atomic E-state index is 0.346. The van der Waals surface area contributed by atoms with Crippen LogP contribution < -0.4 is 11.4 Å². The van der Waals surface area contributed by atoms with Gasteiger partial charge in [0.1, 0.15) is 5.58 Å². The van der Waals surface area contributed by atoms with Crippen molar-refractivity contribution in [2.45, 2.75) is 19.6 Å². The van der Waals surface area contributed by atoms with Crippen molar-refractivity contribution in [1.29, 1.82) is 0 Å². The van der Waals surface area contributed by atoms with E-state index in [2.05, 4.69) is 4.99 Å². The van der Waals surface area contributed by atoms with Gasteiger partial charge in [-0.1, -0.05) is 11.8 Å². The molecule has 0 radical (unpaired) electrons. The first-order chi connectivity index (χ1) is 10.5. The number of methoxy groups -OCH3 is 1. The summed E-state index contributed by atoms with van der Waals surface area (Å²) >= 11 is 1.41. The predicted octanol–water partition coefficient (Wildman–Crippen LogP) is 2.60. The van der Waals surface area contributed by atoms with Crippen molar-refractivity contribution < 1.29 is 9.15 Å². The molecule has 0 saturated heterocycles. The highest BCUT2D eigenvalue weighted by Gasteiger charge is 2.08. The van der Waals surface area contributed by atoms with E-state index in [4.69, 9.17) is 14.9 Å². The standard InChI is InChI=1S/C16H20N2O3S/c1-10-6-13-12(9-22-16(17)18-4-5-20-3)8-15(19)21-14(13)7-11(10)2/h6-8H,4-5,9H2,1-3H3,(H2,17,18). The molecule has 2 N–H and O–H groups in total. The van der Waals surface area contributed by atoms with E-state index in [-0.39, 0.29) is 5.63 Å². The summed E-state index contributed by atoms with van der Waals surface area (Å²) in [5.41, 5.74) is 9.29. The number of rotatable bonds is 5. The Balaban J connectivity index is 2.25. The second kappa shape index (κ2) is 7.47. The zero-order chi connectivity index (χ0) is 16.1. The van der Waals surface area contributed by atoms with Gasteiger partial charge in [0.15, 0.2) is 5.17 Å². The topological polar surface area (TPSA) is 77.8 Å². The molecule has 2 aromatic rings. The molecule has 0 aliphatic carbocycles. The number of aliphatic imine (C=N–C) groups is 1. The first kappa shape index (κ1) is 16.6. The van der Waals surface area contributed by atoms with Gasteiger partial charge in [-0.2, -0.15) is 0 Å². The fraction of sp³-hybridized carbons (Fsp3) is 0.375. The number of aryl methyl sites for hydroxylation is 2. The molecule has 22 heavy (non-hydrogen) atoms. The van der Waals surface area contributed by atoms with Gasteiger partial charge in [0.2, 0.25) is 0 Å². The monoisotopic (exact) mass is 320 g/mol. The van der Waals surface area contributed by atoms with E-state index in [1.807, 2.05) is 26.0 Å². The highest BCUT2D eigenvalue weighted by atomic mass is 32.2. The molecule has 118 valence electrons. The number of benzene rings is 1. The van der Waals surface area contributed by atoms with Crippen LogP contribution in [0.25, 0.3) is 11.0 Å². The Morgan fingerprint density at radius 2 is 2.05 bits per heavy atom. The van der Waals surface area contributed by atoms with Crippen molar-refractivity contribution in [3.8, 4) is 0 Å². The molecule has 0 fully saturated rings. The molecule has 0 aliphatic rings. The Bertz CT molecular complexity index is 753. The summed E-state index contributed by atoms with van der Waals surface area (Å²) < 4.78 is 10.2. The third kappa shape index (κ3) is 4.11. The van der Waals surface area contributed by atoms with Crippen molar-refractivity contribution >= 4 is 27.9 Å². The van der Waals surface area contributed by atoms with Gasteiger partial charge in [-0.3, -0.25) is 4.99 Å². The summed E-state index contributed by atoms with van der Waals surface area (Å²) in [4.78, 5) is 15.9. The molecule has 0 amide bonds. The maximum Gasteiger partial charge on any atom is 0.336 e. The van der Waals surface area contributed by atoms with Crippen LogP contribution in [-0.2, 0) is 10.5 Å². The Labute approximate surface area is 133 Å².